The average Bonchev–Trinajstić information content (AvgIpc) is 3.03. The quantitative estimate of drug-likeness (QED) is 0.856. The minimum atomic E-state index is -0.575. The number of likely N-dealkylation sites (tertiary alicyclic amines) is 1. The van der Waals surface area contributed by atoms with Crippen molar-refractivity contribution in [2.45, 2.75) is 32.3 Å². The van der Waals surface area contributed by atoms with Crippen LogP contribution in [0.3, 0.4) is 0 Å². The van der Waals surface area contributed by atoms with Gasteiger partial charge in [-0.05, 0) is 55.0 Å². The van der Waals surface area contributed by atoms with E-state index in [9.17, 15) is 14.7 Å². The fourth-order valence-electron chi connectivity index (χ4n) is 4.31. The van der Waals surface area contributed by atoms with Crippen molar-refractivity contribution in [1.29, 1.82) is 0 Å². The van der Waals surface area contributed by atoms with Crippen molar-refractivity contribution in [3.63, 3.8) is 0 Å². The van der Waals surface area contributed by atoms with Crippen LogP contribution in [-0.2, 0) is 12.8 Å². The van der Waals surface area contributed by atoms with E-state index in [0.717, 1.165) is 24.2 Å². The molecule has 1 aromatic carbocycles. The maximum Gasteiger partial charge on any atom is 0.349 e. The summed E-state index contributed by atoms with van der Waals surface area (Å²) < 4.78 is 10.6. The number of carbonyl (C=O) groups excluding carboxylic acids is 1. The molecule has 28 heavy (non-hydrogen) atoms. The molecule has 1 aliphatic heterocycles. The van der Waals surface area contributed by atoms with E-state index in [1.807, 2.05) is 24.3 Å². The summed E-state index contributed by atoms with van der Waals surface area (Å²) in [5, 5.41) is 9.79. The number of aliphatic hydroxyl groups is 1. The molecule has 2 heterocycles. The predicted molar refractivity (Wildman–Crippen MR) is 104 cm³/mol. The lowest BCUT2D eigenvalue weighted by atomic mass is 9.74. The highest BCUT2D eigenvalue weighted by Gasteiger charge is 2.48. The molecule has 0 spiro atoms. The van der Waals surface area contributed by atoms with Gasteiger partial charge in [-0.2, -0.15) is 0 Å². The third-order valence-corrected chi connectivity index (χ3v) is 6.05. The van der Waals surface area contributed by atoms with Crippen LogP contribution >= 0.6 is 0 Å². The average molecular weight is 383 g/mol. The van der Waals surface area contributed by atoms with Crippen molar-refractivity contribution < 1.29 is 19.1 Å². The van der Waals surface area contributed by atoms with Crippen molar-refractivity contribution in [3.05, 3.63) is 63.2 Å². The molecule has 6 nitrogen and oxygen atoms in total. The molecule has 1 saturated heterocycles. The molecular weight excluding hydrogens is 358 g/mol. The van der Waals surface area contributed by atoms with E-state index in [4.69, 9.17) is 9.15 Å². The van der Waals surface area contributed by atoms with E-state index in [0.29, 0.717) is 36.8 Å². The molecule has 0 radical (unpaired) electrons. The Bertz CT molecular complexity index is 933. The predicted octanol–water partition coefficient (Wildman–Crippen LogP) is 2.19. The number of aryl methyl sites for hydroxylation is 3. The van der Waals surface area contributed by atoms with Crippen molar-refractivity contribution in [2.75, 3.05) is 20.2 Å². The fraction of sp³-hybridized carbons (Fsp3) is 0.455. The first kappa shape index (κ1) is 18.7. The first-order valence-electron chi connectivity index (χ1n) is 9.70. The smallest absolute Gasteiger partial charge is 0.349 e. The Morgan fingerprint density at radius 1 is 1.25 bits per heavy atom. The zero-order valence-electron chi connectivity index (χ0n) is 16.2. The van der Waals surface area contributed by atoms with Gasteiger partial charge < -0.3 is 19.2 Å². The lowest BCUT2D eigenvalue weighted by Gasteiger charge is -2.34. The molecule has 6 heteroatoms. The van der Waals surface area contributed by atoms with E-state index in [2.05, 4.69) is 0 Å². The number of carbonyl (C=O) groups is 1. The van der Waals surface area contributed by atoms with Crippen LogP contribution in [0.25, 0.3) is 0 Å². The van der Waals surface area contributed by atoms with Crippen molar-refractivity contribution in [2.24, 2.45) is 11.8 Å². The molecule has 2 aromatic rings. The van der Waals surface area contributed by atoms with E-state index >= 15 is 0 Å². The van der Waals surface area contributed by atoms with Crippen LogP contribution in [0.15, 0.2) is 39.5 Å². The Morgan fingerprint density at radius 3 is 2.61 bits per heavy atom. The number of rotatable bonds is 5. The number of hydrogen-bond donors (Lipinski definition) is 1. The van der Waals surface area contributed by atoms with Gasteiger partial charge in [0.05, 0.1) is 13.2 Å². The lowest BCUT2D eigenvalue weighted by molar-refractivity contribution is -0.00427. The van der Waals surface area contributed by atoms with Crippen molar-refractivity contribution in [3.8, 4) is 5.75 Å². The molecule has 1 aliphatic carbocycles. The zero-order valence-corrected chi connectivity index (χ0v) is 16.2. The molecule has 4 rings (SSSR count). The molecule has 0 bridgehead atoms. The number of hydrogen-bond acceptors (Lipinski definition) is 5. The zero-order chi connectivity index (χ0) is 19.8. The van der Waals surface area contributed by atoms with E-state index in [-0.39, 0.29) is 23.5 Å². The number of ether oxygens (including phenoxy) is 1. The summed E-state index contributed by atoms with van der Waals surface area (Å²) in [7, 11) is 1.63. The van der Waals surface area contributed by atoms with E-state index < -0.39 is 5.63 Å². The standard InChI is InChI=1S/C22H25NO5/c1-13-9-17(8-5-14-3-6-16(27-2)7-4-14)28-22(26)20(13)21(25)23-11-15-10-19(24)18(15)12-23/h3-4,6-7,9,15,18-19,24H,5,8,10-12H2,1-2H3/t15-,18+,19-/m0/s1. The summed E-state index contributed by atoms with van der Waals surface area (Å²) in [6.07, 6.45) is 1.73. The molecule has 1 N–H and O–H groups in total. The van der Waals surface area contributed by atoms with Gasteiger partial charge in [0.2, 0.25) is 0 Å². The van der Waals surface area contributed by atoms with Gasteiger partial charge in [0.25, 0.3) is 5.91 Å². The Kier molecular flexibility index (Phi) is 4.98. The van der Waals surface area contributed by atoms with Crippen LogP contribution in [0.1, 0.15) is 33.7 Å². The minimum absolute atomic E-state index is 0.115. The van der Waals surface area contributed by atoms with Crippen LogP contribution in [0.2, 0.25) is 0 Å². The lowest BCUT2D eigenvalue weighted by Crippen LogP contribution is -2.40. The van der Waals surface area contributed by atoms with Gasteiger partial charge in [-0.15, -0.1) is 0 Å². The summed E-state index contributed by atoms with van der Waals surface area (Å²) in [6, 6.07) is 9.56. The summed E-state index contributed by atoms with van der Waals surface area (Å²) in [6.45, 7) is 2.90. The number of benzene rings is 1. The third-order valence-electron chi connectivity index (χ3n) is 6.05. The van der Waals surface area contributed by atoms with Gasteiger partial charge >= 0.3 is 5.63 Å². The van der Waals surface area contributed by atoms with E-state index in [1.165, 1.54) is 0 Å². The monoisotopic (exact) mass is 383 g/mol. The molecule has 2 fully saturated rings. The van der Waals surface area contributed by atoms with E-state index in [1.54, 1.807) is 25.0 Å². The largest absolute Gasteiger partial charge is 0.497 e. The van der Waals surface area contributed by atoms with Gasteiger partial charge in [0.1, 0.15) is 17.1 Å². The SMILES string of the molecule is COc1ccc(CCc2cc(C)c(C(=O)N3C[C@@H]4C[C@H](O)[C@@H]4C3)c(=O)o2)cc1. The van der Waals surface area contributed by atoms with Crippen molar-refractivity contribution in [1.82, 2.24) is 4.90 Å². The van der Waals surface area contributed by atoms with Gasteiger partial charge in [-0.1, -0.05) is 12.1 Å². The highest BCUT2D eigenvalue weighted by Crippen LogP contribution is 2.41. The summed E-state index contributed by atoms with van der Waals surface area (Å²) >= 11 is 0. The summed E-state index contributed by atoms with van der Waals surface area (Å²) in [4.78, 5) is 27.0. The second-order valence-corrected chi connectivity index (χ2v) is 7.84. The Hall–Kier alpha value is -2.60. The molecule has 1 aromatic heterocycles. The van der Waals surface area contributed by atoms with Gasteiger partial charge in [0.15, 0.2) is 0 Å². The topological polar surface area (TPSA) is 80.0 Å². The molecule has 1 saturated carbocycles. The normalized spacial score (nSPS) is 23.2. The Labute approximate surface area is 163 Å². The van der Waals surface area contributed by atoms with Crippen LogP contribution in [0, 0.1) is 18.8 Å². The second-order valence-electron chi connectivity index (χ2n) is 7.84. The first-order valence-corrected chi connectivity index (χ1v) is 9.70. The van der Waals surface area contributed by atoms with Crippen LogP contribution in [0.5, 0.6) is 5.75 Å². The molecular formula is C22H25NO5. The van der Waals surface area contributed by atoms with Crippen LogP contribution < -0.4 is 10.4 Å². The third kappa shape index (κ3) is 3.44. The number of amides is 1. The number of methoxy groups -OCH3 is 1. The highest BCUT2D eigenvalue weighted by molar-refractivity contribution is 5.95. The highest BCUT2D eigenvalue weighted by atomic mass is 16.5. The van der Waals surface area contributed by atoms with Crippen LogP contribution in [0.4, 0.5) is 0 Å². The number of aliphatic hydroxyl groups excluding tert-OH is 1. The maximum absolute atomic E-state index is 12.8. The Morgan fingerprint density at radius 2 is 2.00 bits per heavy atom. The first-order chi connectivity index (χ1) is 13.5. The van der Waals surface area contributed by atoms with Crippen LogP contribution in [-0.4, -0.2) is 42.2 Å². The second kappa shape index (κ2) is 7.43. The Balaban J connectivity index is 1.45. The van der Waals surface area contributed by atoms with Gasteiger partial charge in [0, 0.05) is 25.4 Å². The molecule has 148 valence electrons. The van der Waals surface area contributed by atoms with Crippen molar-refractivity contribution >= 4 is 5.91 Å². The summed E-state index contributed by atoms with van der Waals surface area (Å²) in [5.41, 5.74) is 1.30. The maximum atomic E-state index is 12.8. The minimum Gasteiger partial charge on any atom is -0.497 e. The van der Waals surface area contributed by atoms with Gasteiger partial charge in [-0.25, -0.2) is 4.79 Å². The molecule has 1 amide bonds. The molecule has 3 atom stereocenters. The summed E-state index contributed by atoms with van der Waals surface area (Å²) in [5.74, 6) is 1.60. The molecule has 0 unspecified atom stereocenters. The number of nitrogens with zero attached hydrogens (tertiary/aromatic N) is 1. The van der Waals surface area contributed by atoms with Gasteiger partial charge in [-0.3, -0.25) is 4.79 Å². The molecule has 2 aliphatic rings. The number of fused-ring (bicyclic) bond motifs is 1. The fourth-order valence-corrected chi connectivity index (χ4v) is 4.31.